The van der Waals surface area contributed by atoms with Gasteiger partial charge in [0.1, 0.15) is 18.3 Å². The number of hydrogen-bond donors (Lipinski definition) is 1. The Morgan fingerprint density at radius 3 is 2.70 bits per heavy atom. The first kappa shape index (κ1) is 16.0. The number of nitrogens with one attached hydrogen (secondary N) is 1. The van der Waals surface area contributed by atoms with Crippen LogP contribution in [0.15, 0.2) is 24.9 Å². The minimum atomic E-state index is -3.12. The van der Waals surface area contributed by atoms with Gasteiger partial charge in [-0.05, 0) is 37.7 Å². The molecule has 1 fully saturated rings. The Labute approximate surface area is 135 Å². The van der Waals surface area contributed by atoms with Gasteiger partial charge in [0.15, 0.2) is 5.82 Å². The van der Waals surface area contributed by atoms with Gasteiger partial charge in [-0.3, -0.25) is 4.68 Å². The second-order valence-electron chi connectivity index (χ2n) is 5.99. The number of hydrogen-bond acceptors (Lipinski definition) is 6. The summed E-state index contributed by atoms with van der Waals surface area (Å²) in [5, 5.41) is 4.46. The Morgan fingerprint density at radius 1 is 1.26 bits per heavy atom. The zero-order chi connectivity index (χ0) is 16.3. The molecule has 1 N–H and O–H groups in total. The van der Waals surface area contributed by atoms with Crippen LogP contribution in [0.5, 0.6) is 0 Å². The summed E-state index contributed by atoms with van der Waals surface area (Å²) < 4.78 is 27.1. The van der Waals surface area contributed by atoms with Crippen molar-refractivity contribution in [1.82, 2.24) is 29.5 Å². The molecule has 0 unspecified atom stereocenters. The van der Waals surface area contributed by atoms with Gasteiger partial charge < -0.3 is 0 Å². The van der Waals surface area contributed by atoms with Crippen molar-refractivity contribution in [1.29, 1.82) is 0 Å². The van der Waals surface area contributed by atoms with E-state index in [1.54, 1.807) is 18.6 Å². The summed E-state index contributed by atoms with van der Waals surface area (Å²) in [4.78, 5) is 12.3. The van der Waals surface area contributed by atoms with Crippen molar-refractivity contribution in [3.8, 4) is 11.5 Å². The maximum atomic E-state index is 11.3. The van der Waals surface area contributed by atoms with Crippen LogP contribution >= 0.6 is 0 Å². The molecular weight excluding hydrogens is 316 g/mol. The van der Waals surface area contributed by atoms with Crippen molar-refractivity contribution in [2.75, 3.05) is 6.26 Å². The van der Waals surface area contributed by atoms with Gasteiger partial charge >= 0.3 is 0 Å². The van der Waals surface area contributed by atoms with Crippen molar-refractivity contribution >= 4 is 10.0 Å². The molecule has 1 aliphatic carbocycles. The van der Waals surface area contributed by atoms with Crippen LogP contribution in [0.2, 0.25) is 0 Å². The highest BCUT2D eigenvalue weighted by atomic mass is 32.2. The summed E-state index contributed by atoms with van der Waals surface area (Å²) in [5.74, 6) is 1.09. The molecule has 2 aromatic heterocycles. The van der Waals surface area contributed by atoms with E-state index in [-0.39, 0.29) is 6.04 Å². The average Bonchev–Trinajstić information content (AvgIpc) is 2.97. The SMILES string of the molecule is CS(=O)(=O)NC1CCC(Cn2cnc(-c3ccncn3)n2)CC1. The largest absolute Gasteiger partial charge is 0.252 e. The van der Waals surface area contributed by atoms with E-state index in [1.807, 2.05) is 4.68 Å². The van der Waals surface area contributed by atoms with Gasteiger partial charge in [0.2, 0.25) is 10.0 Å². The molecule has 3 rings (SSSR count). The van der Waals surface area contributed by atoms with E-state index in [9.17, 15) is 8.42 Å². The van der Waals surface area contributed by atoms with Crippen molar-refractivity contribution in [3.05, 3.63) is 24.9 Å². The maximum absolute atomic E-state index is 11.3. The Bertz CT molecular complexity index is 738. The summed E-state index contributed by atoms with van der Waals surface area (Å²) in [6, 6.07) is 1.84. The summed E-state index contributed by atoms with van der Waals surface area (Å²) in [5.41, 5.74) is 0.708. The molecule has 9 heteroatoms. The Balaban J connectivity index is 1.54. The predicted octanol–water partition coefficient (Wildman–Crippen LogP) is 0.843. The van der Waals surface area contributed by atoms with E-state index in [0.717, 1.165) is 32.2 Å². The maximum Gasteiger partial charge on any atom is 0.208 e. The van der Waals surface area contributed by atoms with E-state index >= 15 is 0 Å². The molecule has 0 radical (unpaired) electrons. The first-order chi connectivity index (χ1) is 11.0. The molecule has 0 saturated heterocycles. The highest BCUT2D eigenvalue weighted by Gasteiger charge is 2.23. The third kappa shape index (κ3) is 4.55. The number of rotatable bonds is 5. The van der Waals surface area contributed by atoms with Crippen LogP contribution in [0.25, 0.3) is 11.5 Å². The van der Waals surface area contributed by atoms with Crippen LogP contribution < -0.4 is 4.72 Å². The van der Waals surface area contributed by atoms with E-state index in [4.69, 9.17) is 0 Å². The lowest BCUT2D eigenvalue weighted by Crippen LogP contribution is -2.37. The second-order valence-corrected chi connectivity index (χ2v) is 7.77. The lowest BCUT2D eigenvalue weighted by Gasteiger charge is -2.28. The topological polar surface area (TPSA) is 103 Å². The van der Waals surface area contributed by atoms with Crippen LogP contribution in [0.4, 0.5) is 0 Å². The van der Waals surface area contributed by atoms with E-state index < -0.39 is 10.0 Å². The van der Waals surface area contributed by atoms with E-state index in [2.05, 4.69) is 24.8 Å². The Hall–Kier alpha value is -1.87. The monoisotopic (exact) mass is 336 g/mol. The highest BCUT2D eigenvalue weighted by molar-refractivity contribution is 7.88. The fourth-order valence-corrected chi connectivity index (χ4v) is 3.79. The molecule has 0 spiro atoms. The van der Waals surface area contributed by atoms with Gasteiger partial charge in [0.05, 0.1) is 6.26 Å². The third-order valence-corrected chi connectivity index (χ3v) is 4.78. The smallest absolute Gasteiger partial charge is 0.208 e. The third-order valence-electron chi connectivity index (χ3n) is 4.02. The summed E-state index contributed by atoms with van der Waals surface area (Å²) in [6.07, 6.45) is 9.77. The fraction of sp³-hybridized carbons (Fsp3) is 0.571. The van der Waals surface area contributed by atoms with Crippen molar-refractivity contribution in [2.45, 2.75) is 38.3 Å². The zero-order valence-electron chi connectivity index (χ0n) is 13.0. The minimum absolute atomic E-state index is 0.0635. The Kier molecular flexibility index (Phi) is 4.67. The number of aromatic nitrogens is 5. The normalized spacial score (nSPS) is 22.1. The summed E-state index contributed by atoms with van der Waals surface area (Å²) in [7, 11) is -3.12. The highest BCUT2D eigenvalue weighted by Crippen LogP contribution is 2.26. The zero-order valence-corrected chi connectivity index (χ0v) is 13.8. The van der Waals surface area contributed by atoms with Gasteiger partial charge in [0, 0.05) is 18.8 Å². The predicted molar refractivity (Wildman–Crippen MR) is 84.8 cm³/mol. The second kappa shape index (κ2) is 6.71. The summed E-state index contributed by atoms with van der Waals surface area (Å²) in [6.45, 7) is 0.795. The van der Waals surface area contributed by atoms with Gasteiger partial charge in [-0.2, -0.15) is 0 Å². The first-order valence-corrected chi connectivity index (χ1v) is 9.52. The average molecular weight is 336 g/mol. The molecule has 0 aliphatic heterocycles. The van der Waals surface area contributed by atoms with Gasteiger partial charge in [0.25, 0.3) is 0 Å². The molecule has 0 bridgehead atoms. The minimum Gasteiger partial charge on any atom is -0.252 e. The molecule has 0 amide bonds. The molecule has 23 heavy (non-hydrogen) atoms. The number of nitrogens with zero attached hydrogens (tertiary/aromatic N) is 5. The first-order valence-electron chi connectivity index (χ1n) is 7.63. The van der Waals surface area contributed by atoms with Crippen LogP contribution in [0.1, 0.15) is 25.7 Å². The van der Waals surface area contributed by atoms with Gasteiger partial charge in [-0.25, -0.2) is 28.1 Å². The standard InChI is InChI=1S/C14H20N6O2S/c1-23(21,22)19-12-4-2-11(3-5-12)8-20-10-17-14(18-20)13-6-7-15-9-16-13/h6-7,9-12,19H,2-5,8H2,1H3. The van der Waals surface area contributed by atoms with Crippen LogP contribution in [-0.2, 0) is 16.6 Å². The van der Waals surface area contributed by atoms with Crippen molar-refractivity contribution < 1.29 is 8.42 Å². The molecule has 2 heterocycles. The molecule has 8 nitrogen and oxygen atoms in total. The van der Waals surface area contributed by atoms with Crippen molar-refractivity contribution in [3.63, 3.8) is 0 Å². The van der Waals surface area contributed by atoms with Crippen LogP contribution in [0, 0.1) is 5.92 Å². The molecule has 124 valence electrons. The molecule has 1 saturated carbocycles. The molecular formula is C14H20N6O2S. The molecule has 2 aromatic rings. The molecule has 0 atom stereocenters. The van der Waals surface area contributed by atoms with E-state index in [1.165, 1.54) is 12.6 Å². The Morgan fingerprint density at radius 2 is 2.04 bits per heavy atom. The van der Waals surface area contributed by atoms with Crippen LogP contribution in [-0.4, -0.2) is 45.4 Å². The van der Waals surface area contributed by atoms with Gasteiger partial charge in [-0.1, -0.05) is 0 Å². The summed E-state index contributed by atoms with van der Waals surface area (Å²) >= 11 is 0. The number of sulfonamides is 1. The van der Waals surface area contributed by atoms with E-state index in [0.29, 0.717) is 17.4 Å². The molecule has 0 aromatic carbocycles. The lowest BCUT2D eigenvalue weighted by atomic mass is 9.86. The quantitative estimate of drug-likeness (QED) is 0.868. The van der Waals surface area contributed by atoms with Gasteiger partial charge in [-0.15, -0.1) is 5.10 Å². The van der Waals surface area contributed by atoms with Crippen LogP contribution in [0.3, 0.4) is 0 Å². The lowest BCUT2D eigenvalue weighted by molar-refractivity contribution is 0.276. The van der Waals surface area contributed by atoms with Crippen molar-refractivity contribution in [2.24, 2.45) is 5.92 Å². The fourth-order valence-electron chi connectivity index (χ4n) is 2.95. The molecule has 1 aliphatic rings.